The molecule has 0 aromatic heterocycles. The molecular formula is C13H29NO2. The molecule has 98 valence electrons. The van der Waals surface area contributed by atoms with Crippen LogP contribution in [0.5, 0.6) is 0 Å². The van der Waals surface area contributed by atoms with Crippen molar-refractivity contribution < 1.29 is 9.47 Å². The first-order chi connectivity index (χ1) is 7.68. The van der Waals surface area contributed by atoms with E-state index < -0.39 is 0 Å². The van der Waals surface area contributed by atoms with Crippen LogP contribution >= 0.6 is 0 Å². The Kier molecular flexibility index (Phi) is 9.99. The lowest BCUT2D eigenvalue weighted by molar-refractivity contribution is 0.127. The molecule has 0 spiro atoms. The van der Waals surface area contributed by atoms with E-state index in [2.05, 4.69) is 19.2 Å². The van der Waals surface area contributed by atoms with E-state index in [1.165, 1.54) is 12.8 Å². The van der Waals surface area contributed by atoms with Gasteiger partial charge in [0.25, 0.3) is 0 Å². The molecule has 0 saturated heterocycles. The van der Waals surface area contributed by atoms with E-state index in [0.29, 0.717) is 5.41 Å². The summed E-state index contributed by atoms with van der Waals surface area (Å²) in [6.45, 7) is 11.2. The van der Waals surface area contributed by atoms with Crippen molar-refractivity contribution in [3.8, 4) is 0 Å². The molecule has 0 aliphatic carbocycles. The highest BCUT2D eigenvalue weighted by molar-refractivity contribution is 4.75. The summed E-state index contributed by atoms with van der Waals surface area (Å²) < 4.78 is 10.4. The first-order valence-electron chi connectivity index (χ1n) is 6.46. The van der Waals surface area contributed by atoms with Crippen molar-refractivity contribution in [3.05, 3.63) is 0 Å². The van der Waals surface area contributed by atoms with Crippen LogP contribution < -0.4 is 5.32 Å². The third-order valence-corrected chi connectivity index (χ3v) is 3.16. The molecule has 1 atom stereocenters. The molecule has 0 rings (SSSR count). The van der Waals surface area contributed by atoms with Crippen LogP contribution in [0.3, 0.4) is 0 Å². The van der Waals surface area contributed by atoms with Gasteiger partial charge in [0.05, 0.1) is 6.61 Å². The molecule has 0 radical (unpaired) electrons. The van der Waals surface area contributed by atoms with Gasteiger partial charge in [-0.15, -0.1) is 0 Å². The molecule has 16 heavy (non-hydrogen) atoms. The van der Waals surface area contributed by atoms with Crippen molar-refractivity contribution in [3.63, 3.8) is 0 Å². The van der Waals surface area contributed by atoms with Gasteiger partial charge in [0, 0.05) is 33.4 Å². The van der Waals surface area contributed by atoms with Crippen molar-refractivity contribution in [2.75, 3.05) is 40.0 Å². The molecule has 0 fully saturated rings. The second kappa shape index (κ2) is 10.1. The van der Waals surface area contributed by atoms with Crippen molar-refractivity contribution >= 4 is 0 Å². The average Bonchev–Trinajstić information content (AvgIpc) is 2.31. The van der Waals surface area contributed by atoms with Crippen LogP contribution in [0.1, 0.15) is 40.0 Å². The number of ether oxygens (including phenoxy) is 2. The zero-order valence-corrected chi connectivity index (χ0v) is 11.5. The summed E-state index contributed by atoms with van der Waals surface area (Å²) in [6, 6.07) is 0. The van der Waals surface area contributed by atoms with Crippen LogP contribution in [0, 0.1) is 5.41 Å². The molecule has 0 amide bonds. The molecule has 3 heteroatoms. The standard InChI is InChI=1S/C13H29NO2/c1-5-13(3,8-7-10-16-6-2)12-14-9-11-15-4/h14H,5-12H2,1-4H3. The smallest absolute Gasteiger partial charge is 0.0587 e. The van der Waals surface area contributed by atoms with Crippen LogP contribution in [0.2, 0.25) is 0 Å². The molecule has 1 unspecified atom stereocenters. The van der Waals surface area contributed by atoms with Gasteiger partial charge in [-0.1, -0.05) is 13.8 Å². The highest BCUT2D eigenvalue weighted by atomic mass is 16.5. The van der Waals surface area contributed by atoms with E-state index in [9.17, 15) is 0 Å². The van der Waals surface area contributed by atoms with Crippen LogP contribution in [-0.4, -0.2) is 40.0 Å². The van der Waals surface area contributed by atoms with Crippen LogP contribution in [0.15, 0.2) is 0 Å². The van der Waals surface area contributed by atoms with Gasteiger partial charge in [0.2, 0.25) is 0 Å². The van der Waals surface area contributed by atoms with Crippen molar-refractivity contribution in [1.29, 1.82) is 0 Å². The Morgan fingerprint density at radius 3 is 2.50 bits per heavy atom. The van der Waals surface area contributed by atoms with Crippen molar-refractivity contribution in [2.45, 2.75) is 40.0 Å². The largest absolute Gasteiger partial charge is 0.383 e. The first-order valence-corrected chi connectivity index (χ1v) is 6.46. The summed E-state index contributed by atoms with van der Waals surface area (Å²) in [7, 11) is 1.74. The zero-order valence-electron chi connectivity index (χ0n) is 11.5. The van der Waals surface area contributed by atoms with Crippen LogP contribution in [-0.2, 0) is 9.47 Å². The number of hydrogen-bond acceptors (Lipinski definition) is 3. The number of rotatable bonds is 11. The number of nitrogens with one attached hydrogen (secondary N) is 1. The number of hydrogen-bond donors (Lipinski definition) is 1. The van der Waals surface area contributed by atoms with Gasteiger partial charge in [-0.2, -0.15) is 0 Å². The van der Waals surface area contributed by atoms with E-state index in [1.54, 1.807) is 7.11 Å². The maximum Gasteiger partial charge on any atom is 0.0587 e. The SMILES string of the molecule is CCOCCCC(C)(CC)CNCCOC. The Morgan fingerprint density at radius 2 is 1.94 bits per heavy atom. The fourth-order valence-electron chi connectivity index (χ4n) is 1.70. The second-order valence-electron chi connectivity index (χ2n) is 4.63. The minimum atomic E-state index is 0.394. The topological polar surface area (TPSA) is 30.5 Å². The molecule has 0 aromatic rings. The summed E-state index contributed by atoms with van der Waals surface area (Å²) in [4.78, 5) is 0. The molecule has 0 bridgehead atoms. The van der Waals surface area contributed by atoms with Gasteiger partial charge in [0.1, 0.15) is 0 Å². The Balaban J connectivity index is 3.64. The fraction of sp³-hybridized carbons (Fsp3) is 1.00. The average molecular weight is 231 g/mol. The summed E-state index contributed by atoms with van der Waals surface area (Å²) in [6.07, 6.45) is 3.59. The second-order valence-corrected chi connectivity index (χ2v) is 4.63. The van der Waals surface area contributed by atoms with Gasteiger partial charge in [0.15, 0.2) is 0 Å². The minimum absolute atomic E-state index is 0.394. The monoisotopic (exact) mass is 231 g/mol. The lowest BCUT2D eigenvalue weighted by Gasteiger charge is -2.28. The Morgan fingerprint density at radius 1 is 1.19 bits per heavy atom. The first kappa shape index (κ1) is 15.9. The van der Waals surface area contributed by atoms with E-state index >= 15 is 0 Å². The molecule has 0 aliphatic rings. The fourth-order valence-corrected chi connectivity index (χ4v) is 1.70. The van der Waals surface area contributed by atoms with Crippen LogP contribution in [0.25, 0.3) is 0 Å². The van der Waals surface area contributed by atoms with E-state index in [0.717, 1.165) is 39.3 Å². The highest BCUT2D eigenvalue weighted by Crippen LogP contribution is 2.26. The zero-order chi connectivity index (χ0) is 12.3. The molecular weight excluding hydrogens is 202 g/mol. The van der Waals surface area contributed by atoms with Gasteiger partial charge in [-0.25, -0.2) is 0 Å². The minimum Gasteiger partial charge on any atom is -0.383 e. The third-order valence-electron chi connectivity index (χ3n) is 3.16. The van der Waals surface area contributed by atoms with E-state index in [-0.39, 0.29) is 0 Å². The molecule has 0 heterocycles. The predicted octanol–water partition coefficient (Wildman–Crippen LogP) is 2.46. The predicted molar refractivity (Wildman–Crippen MR) is 68.9 cm³/mol. The molecule has 3 nitrogen and oxygen atoms in total. The Hall–Kier alpha value is -0.120. The lowest BCUT2D eigenvalue weighted by Crippen LogP contribution is -2.33. The molecule has 0 aliphatic heterocycles. The summed E-state index contributed by atoms with van der Waals surface area (Å²) in [5.41, 5.74) is 0.394. The molecule has 0 saturated carbocycles. The van der Waals surface area contributed by atoms with Gasteiger partial charge < -0.3 is 14.8 Å². The lowest BCUT2D eigenvalue weighted by atomic mass is 9.83. The molecule has 1 N–H and O–H groups in total. The summed E-state index contributed by atoms with van der Waals surface area (Å²) in [5.74, 6) is 0. The van der Waals surface area contributed by atoms with Crippen molar-refractivity contribution in [1.82, 2.24) is 5.32 Å². The Labute approximate surface area is 101 Å². The third kappa shape index (κ3) is 8.08. The van der Waals surface area contributed by atoms with Gasteiger partial charge in [-0.3, -0.25) is 0 Å². The summed E-state index contributed by atoms with van der Waals surface area (Å²) in [5, 5.41) is 3.45. The van der Waals surface area contributed by atoms with Crippen LogP contribution in [0.4, 0.5) is 0 Å². The van der Waals surface area contributed by atoms with Gasteiger partial charge in [-0.05, 0) is 31.6 Å². The normalized spacial score (nSPS) is 15.0. The highest BCUT2D eigenvalue weighted by Gasteiger charge is 2.20. The Bertz CT molecular complexity index is 139. The van der Waals surface area contributed by atoms with E-state index in [4.69, 9.17) is 9.47 Å². The maximum atomic E-state index is 5.38. The maximum absolute atomic E-state index is 5.38. The van der Waals surface area contributed by atoms with Crippen molar-refractivity contribution in [2.24, 2.45) is 5.41 Å². The molecule has 0 aromatic carbocycles. The van der Waals surface area contributed by atoms with Gasteiger partial charge >= 0.3 is 0 Å². The van der Waals surface area contributed by atoms with E-state index in [1.807, 2.05) is 6.92 Å². The quantitative estimate of drug-likeness (QED) is 0.554. The number of methoxy groups -OCH3 is 1. The summed E-state index contributed by atoms with van der Waals surface area (Å²) >= 11 is 0.